The molecule has 0 unspecified atom stereocenters. The molecule has 1 aliphatic rings. The number of aromatic nitrogens is 4. The highest BCUT2D eigenvalue weighted by Crippen LogP contribution is 2.50. The van der Waals surface area contributed by atoms with E-state index in [1.807, 2.05) is 79.0 Å². The molecule has 0 aliphatic heterocycles. The maximum Gasteiger partial charge on any atom is 0.164 e. The lowest BCUT2D eigenvalue weighted by Crippen LogP contribution is -2.14. The maximum atomic E-state index is 6.87. The van der Waals surface area contributed by atoms with Gasteiger partial charge in [0.25, 0.3) is 0 Å². The van der Waals surface area contributed by atoms with Gasteiger partial charge in [-0.1, -0.05) is 141 Å². The second kappa shape index (κ2) is 11.7. The summed E-state index contributed by atoms with van der Waals surface area (Å²) in [5, 5.41) is 2.12. The van der Waals surface area contributed by atoms with Crippen LogP contribution >= 0.6 is 0 Å². The van der Waals surface area contributed by atoms with Crippen molar-refractivity contribution in [2.45, 2.75) is 19.3 Å². The molecule has 10 rings (SSSR count). The van der Waals surface area contributed by atoms with E-state index in [2.05, 4.69) is 92.7 Å². The molecule has 5 heteroatoms. The summed E-state index contributed by atoms with van der Waals surface area (Å²) in [6.45, 7) is 4.64. The third-order valence-electron chi connectivity index (χ3n) is 10.4. The first kappa shape index (κ1) is 30.1. The molecule has 0 saturated carbocycles. The Balaban J connectivity index is 1.09. The zero-order valence-electron chi connectivity index (χ0n) is 28.7. The van der Waals surface area contributed by atoms with Crippen LogP contribution in [0.15, 0.2) is 162 Å². The van der Waals surface area contributed by atoms with E-state index in [0.29, 0.717) is 17.5 Å². The lowest BCUT2D eigenvalue weighted by molar-refractivity contribution is 0.660. The predicted octanol–water partition coefficient (Wildman–Crippen LogP) is 11.8. The number of furan rings is 1. The van der Waals surface area contributed by atoms with Crippen molar-refractivity contribution >= 4 is 21.9 Å². The molecule has 6 aromatic carbocycles. The van der Waals surface area contributed by atoms with Gasteiger partial charge in [-0.25, -0.2) is 15.0 Å². The van der Waals surface area contributed by atoms with E-state index < -0.39 is 0 Å². The molecule has 0 atom stereocenters. The summed E-state index contributed by atoms with van der Waals surface area (Å²) < 4.78 is 6.87. The minimum atomic E-state index is -0.0875. The van der Waals surface area contributed by atoms with Gasteiger partial charge in [0.15, 0.2) is 17.5 Å². The van der Waals surface area contributed by atoms with E-state index in [9.17, 15) is 0 Å². The summed E-state index contributed by atoms with van der Waals surface area (Å²) in [7, 11) is 0. The van der Waals surface area contributed by atoms with Crippen LogP contribution in [-0.2, 0) is 5.41 Å². The van der Waals surface area contributed by atoms with Crippen molar-refractivity contribution in [1.82, 2.24) is 19.9 Å². The molecule has 0 N–H and O–H groups in total. The normalized spacial score (nSPS) is 13.0. The van der Waals surface area contributed by atoms with Gasteiger partial charge in [0.05, 0.1) is 5.69 Å². The van der Waals surface area contributed by atoms with Crippen molar-refractivity contribution < 1.29 is 4.42 Å². The second-order valence-corrected chi connectivity index (χ2v) is 13.9. The van der Waals surface area contributed by atoms with Crippen molar-refractivity contribution in [2.24, 2.45) is 0 Å². The Bertz CT molecular complexity index is 2760. The minimum Gasteiger partial charge on any atom is -0.455 e. The van der Waals surface area contributed by atoms with Crippen LogP contribution in [0.3, 0.4) is 0 Å². The Kier molecular flexibility index (Phi) is 6.77. The molecular weight excluding hydrogens is 637 g/mol. The van der Waals surface area contributed by atoms with Crippen molar-refractivity contribution in [3.63, 3.8) is 0 Å². The second-order valence-electron chi connectivity index (χ2n) is 13.9. The number of benzene rings is 6. The van der Waals surface area contributed by atoms with Gasteiger partial charge >= 0.3 is 0 Å². The van der Waals surface area contributed by atoms with Gasteiger partial charge in [0.2, 0.25) is 0 Å². The number of nitrogens with zero attached hydrogens (tertiary/aromatic N) is 4. The van der Waals surface area contributed by atoms with Crippen LogP contribution in [0, 0.1) is 0 Å². The number of pyridine rings is 1. The first-order valence-corrected chi connectivity index (χ1v) is 17.6. The van der Waals surface area contributed by atoms with Gasteiger partial charge in [-0.3, -0.25) is 4.98 Å². The summed E-state index contributed by atoms with van der Waals surface area (Å²) >= 11 is 0. The molecule has 0 amide bonds. The number of hydrogen-bond donors (Lipinski definition) is 0. The number of hydrogen-bond acceptors (Lipinski definition) is 5. The van der Waals surface area contributed by atoms with E-state index >= 15 is 0 Å². The van der Waals surface area contributed by atoms with Gasteiger partial charge < -0.3 is 4.42 Å². The zero-order valence-corrected chi connectivity index (χ0v) is 28.7. The Morgan fingerprint density at radius 3 is 1.67 bits per heavy atom. The Morgan fingerprint density at radius 1 is 0.423 bits per heavy atom. The van der Waals surface area contributed by atoms with Crippen LogP contribution in [0.5, 0.6) is 0 Å². The summed E-state index contributed by atoms with van der Waals surface area (Å²) in [5.74, 6) is 1.82. The molecule has 0 saturated heterocycles. The van der Waals surface area contributed by atoms with Crippen molar-refractivity contribution in [3.8, 4) is 67.7 Å². The van der Waals surface area contributed by atoms with E-state index in [4.69, 9.17) is 24.4 Å². The fourth-order valence-electron chi connectivity index (χ4n) is 7.78. The van der Waals surface area contributed by atoms with E-state index in [1.165, 1.54) is 22.3 Å². The molecule has 52 heavy (non-hydrogen) atoms. The van der Waals surface area contributed by atoms with Crippen LogP contribution in [0.4, 0.5) is 0 Å². The SMILES string of the molecule is CC1(C)c2ccccc2-c2ccc(-c3cccc4c3oc3c(-c5cc(-c6nc(-c7ccccc7)nc(-c7ccccc7)n6)ccn5)cccc34)cc21. The monoisotopic (exact) mass is 668 g/mol. The van der Waals surface area contributed by atoms with Crippen LogP contribution in [0.2, 0.25) is 0 Å². The Labute approximate surface area is 301 Å². The molecular formula is C47H32N4O. The quantitative estimate of drug-likeness (QED) is 0.183. The smallest absolute Gasteiger partial charge is 0.164 e. The molecule has 0 spiro atoms. The summed E-state index contributed by atoms with van der Waals surface area (Å²) in [5.41, 5.74) is 13.5. The fraction of sp³-hybridized carbons (Fsp3) is 0.0638. The standard InChI is InChI=1S/C47H32N4O/c1-47(2)39-22-10-9-17-34(39)35-24-23-31(27-40(35)47)33-18-11-19-36-37-20-12-21-38(43(37)52-42(33)36)41-28-32(25-26-48-41)46-50-44(29-13-5-3-6-14-29)49-45(51-46)30-15-7-4-8-16-30/h3-28H,1-2H3. The summed E-state index contributed by atoms with van der Waals surface area (Å²) in [6, 6.07) is 52.4. The van der Waals surface area contributed by atoms with Crippen LogP contribution in [-0.4, -0.2) is 19.9 Å². The minimum absolute atomic E-state index is 0.0875. The van der Waals surface area contributed by atoms with E-state index in [1.54, 1.807) is 0 Å². The van der Waals surface area contributed by atoms with E-state index in [-0.39, 0.29) is 5.41 Å². The third-order valence-corrected chi connectivity index (χ3v) is 10.4. The highest BCUT2D eigenvalue weighted by molar-refractivity contribution is 6.13. The first-order valence-electron chi connectivity index (χ1n) is 17.6. The van der Waals surface area contributed by atoms with Gasteiger partial charge in [0, 0.05) is 50.2 Å². The number of para-hydroxylation sites is 2. The summed E-state index contributed by atoms with van der Waals surface area (Å²) in [6.07, 6.45) is 1.82. The Hall–Kier alpha value is -6.72. The number of rotatable bonds is 5. The molecule has 0 radical (unpaired) electrons. The number of fused-ring (bicyclic) bond motifs is 6. The first-order chi connectivity index (χ1) is 25.5. The van der Waals surface area contributed by atoms with E-state index in [0.717, 1.165) is 61.0 Å². The van der Waals surface area contributed by atoms with Crippen LogP contribution < -0.4 is 0 Å². The highest BCUT2D eigenvalue weighted by Gasteiger charge is 2.35. The average Bonchev–Trinajstić information content (AvgIpc) is 3.70. The zero-order chi connectivity index (χ0) is 34.8. The largest absolute Gasteiger partial charge is 0.455 e. The molecule has 0 fully saturated rings. The lowest BCUT2D eigenvalue weighted by Gasteiger charge is -2.22. The van der Waals surface area contributed by atoms with Gasteiger partial charge in [-0.2, -0.15) is 0 Å². The summed E-state index contributed by atoms with van der Waals surface area (Å²) in [4.78, 5) is 19.6. The third kappa shape index (κ3) is 4.78. The van der Waals surface area contributed by atoms with Crippen LogP contribution in [0.1, 0.15) is 25.0 Å². The molecule has 3 aromatic heterocycles. The topological polar surface area (TPSA) is 64.7 Å². The van der Waals surface area contributed by atoms with Gasteiger partial charge in [-0.05, 0) is 52.1 Å². The molecule has 5 nitrogen and oxygen atoms in total. The van der Waals surface area contributed by atoms with Crippen LogP contribution in [0.25, 0.3) is 89.6 Å². The van der Waals surface area contributed by atoms with Crippen molar-refractivity contribution in [1.29, 1.82) is 0 Å². The van der Waals surface area contributed by atoms with Gasteiger partial charge in [-0.15, -0.1) is 0 Å². The van der Waals surface area contributed by atoms with Crippen molar-refractivity contribution in [2.75, 3.05) is 0 Å². The highest BCUT2D eigenvalue weighted by atomic mass is 16.3. The van der Waals surface area contributed by atoms with Gasteiger partial charge in [0.1, 0.15) is 11.2 Å². The molecule has 246 valence electrons. The fourth-order valence-corrected chi connectivity index (χ4v) is 7.78. The molecule has 9 aromatic rings. The molecule has 0 bridgehead atoms. The molecule has 3 heterocycles. The van der Waals surface area contributed by atoms with Crippen molar-refractivity contribution in [3.05, 3.63) is 169 Å². The predicted molar refractivity (Wildman–Crippen MR) is 210 cm³/mol. The maximum absolute atomic E-state index is 6.87. The molecule has 1 aliphatic carbocycles. The average molecular weight is 669 g/mol. The lowest BCUT2D eigenvalue weighted by atomic mass is 9.81. The Morgan fingerprint density at radius 2 is 0.981 bits per heavy atom.